The zero-order valence-corrected chi connectivity index (χ0v) is 45.7. The zero-order valence-electron chi connectivity index (χ0n) is 45.7. The van der Waals surface area contributed by atoms with E-state index >= 15 is 0 Å². The van der Waals surface area contributed by atoms with Crippen molar-refractivity contribution in [2.75, 3.05) is 0 Å². The average Bonchev–Trinajstić information content (AvgIpc) is 3.96. The zero-order chi connectivity index (χ0) is 52.6. The fourth-order valence-electron chi connectivity index (χ4n) is 10.4. The first-order chi connectivity index (χ1) is 35.7. The number of hydrogen-bond acceptors (Lipinski definition) is 2. The highest BCUT2D eigenvalue weighted by atomic mass is 16.5. The predicted molar refractivity (Wildman–Crippen MR) is 317 cm³/mol. The average molecular weight is 981 g/mol. The van der Waals surface area contributed by atoms with Gasteiger partial charge in [-0.3, -0.25) is 4.57 Å². The summed E-state index contributed by atoms with van der Waals surface area (Å²) >= 11 is 0. The Labute approximate surface area is 443 Å². The Morgan fingerprint density at radius 1 is 0.400 bits per heavy atom. The van der Waals surface area contributed by atoms with Crippen molar-refractivity contribution in [3.63, 3.8) is 0 Å². The number of benzene rings is 8. The second-order valence-electron chi connectivity index (χ2n) is 24.5. The Hall–Kier alpha value is -8.11. The van der Waals surface area contributed by atoms with Gasteiger partial charge in [-0.15, -0.1) is 0 Å². The van der Waals surface area contributed by atoms with E-state index in [1.807, 2.05) is 12.3 Å². The normalized spacial score (nSPS) is 13.0. The SMILES string of the molecule is CC(C)(C)c1cccc([N+]2=C=[N+](c3cccc(Oc4ccc5c6cc(-c7cc(C(C)(C)C)cc(C(C)(C)C)c7)ccc6n(-c6cc(C(C)(C)C)ccn6)c5c4)c3)c3cccc(-c4cccc(-c5ccccc5)c4)c32)c1. The smallest absolute Gasteiger partial charge is 0.457 e. The van der Waals surface area contributed by atoms with Crippen LogP contribution in [0.3, 0.4) is 0 Å². The van der Waals surface area contributed by atoms with Crippen LogP contribution in [0.15, 0.2) is 194 Å². The van der Waals surface area contributed by atoms with Crippen LogP contribution in [0.2, 0.25) is 0 Å². The van der Waals surface area contributed by atoms with E-state index in [2.05, 4.69) is 285 Å². The lowest BCUT2D eigenvalue weighted by Crippen LogP contribution is -2.16. The van der Waals surface area contributed by atoms with E-state index in [0.29, 0.717) is 0 Å². The van der Waals surface area contributed by atoms with Crippen LogP contribution in [0.1, 0.15) is 105 Å². The lowest BCUT2D eigenvalue weighted by Gasteiger charge is -2.26. The van der Waals surface area contributed by atoms with Gasteiger partial charge < -0.3 is 4.74 Å². The molecule has 0 bridgehead atoms. The van der Waals surface area contributed by atoms with Gasteiger partial charge in [-0.2, -0.15) is 0 Å². The van der Waals surface area contributed by atoms with E-state index in [4.69, 9.17) is 9.72 Å². The number of aromatic nitrogens is 2. The molecule has 2 aromatic heterocycles. The highest BCUT2D eigenvalue weighted by Crippen LogP contribution is 2.45. The van der Waals surface area contributed by atoms with E-state index in [1.54, 1.807) is 0 Å². The Morgan fingerprint density at radius 3 is 1.73 bits per heavy atom. The first-order valence-corrected chi connectivity index (χ1v) is 26.4. The molecule has 3 heterocycles. The van der Waals surface area contributed by atoms with Crippen LogP contribution >= 0.6 is 0 Å². The lowest BCUT2D eigenvalue weighted by atomic mass is 9.79. The van der Waals surface area contributed by atoms with Crippen molar-refractivity contribution in [2.24, 2.45) is 0 Å². The van der Waals surface area contributed by atoms with Gasteiger partial charge in [-0.05, 0) is 135 Å². The Balaban J connectivity index is 1.03. The van der Waals surface area contributed by atoms with Crippen molar-refractivity contribution in [3.05, 3.63) is 217 Å². The molecule has 372 valence electrons. The summed E-state index contributed by atoms with van der Waals surface area (Å²) in [6, 6.07) is 72.0. The summed E-state index contributed by atoms with van der Waals surface area (Å²) in [6.45, 7) is 27.4. The van der Waals surface area contributed by atoms with E-state index < -0.39 is 0 Å². The highest BCUT2D eigenvalue weighted by Gasteiger charge is 2.40. The molecule has 1 aliphatic heterocycles. The largest absolute Gasteiger partial charge is 0.503 e. The monoisotopic (exact) mass is 981 g/mol. The molecular formula is C70H68N4O+2. The van der Waals surface area contributed by atoms with Crippen LogP contribution in [0.5, 0.6) is 11.5 Å². The van der Waals surface area contributed by atoms with E-state index in [9.17, 15) is 0 Å². The van der Waals surface area contributed by atoms with Gasteiger partial charge in [0.2, 0.25) is 11.4 Å². The van der Waals surface area contributed by atoms with Crippen molar-refractivity contribution in [1.82, 2.24) is 18.7 Å². The predicted octanol–water partition coefficient (Wildman–Crippen LogP) is 19.0. The molecule has 75 heavy (non-hydrogen) atoms. The molecule has 0 amide bonds. The summed E-state index contributed by atoms with van der Waals surface area (Å²) in [5, 5.41) is 2.30. The lowest BCUT2D eigenvalue weighted by molar-refractivity contribution is 0.483. The topological polar surface area (TPSA) is 33.1 Å². The third-order valence-electron chi connectivity index (χ3n) is 14.8. The molecule has 0 unspecified atom stereocenters. The molecule has 10 aromatic rings. The molecule has 11 rings (SSSR count). The molecule has 8 aromatic carbocycles. The Bertz CT molecular complexity index is 3900. The second-order valence-corrected chi connectivity index (χ2v) is 24.5. The third-order valence-corrected chi connectivity index (χ3v) is 14.8. The van der Waals surface area contributed by atoms with Gasteiger partial charge in [0.1, 0.15) is 17.3 Å². The fraction of sp³-hybridized carbons (Fsp3) is 0.229. The van der Waals surface area contributed by atoms with Crippen LogP contribution < -0.4 is 13.9 Å². The highest BCUT2D eigenvalue weighted by molar-refractivity contribution is 6.11. The van der Waals surface area contributed by atoms with Crippen LogP contribution in [0.4, 0.5) is 22.7 Å². The molecule has 5 nitrogen and oxygen atoms in total. The molecular weight excluding hydrogens is 913 g/mol. The van der Waals surface area contributed by atoms with Crippen LogP contribution in [-0.4, -0.2) is 15.6 Å². The van der Waals surface area contributed by atoms with Crippen molar-refractivity contribution in [2.45, 2.75) is 105 Å². The first-order valence-electron chi connectivity index (χ1n) is 26.4. The summed E-state index contributed by atoms with van der Waals surface area (Å²) in [4.78, 5) is 5.04. The number of fused-ring (bicyclic) bond motifs is 4. The fourth-order valence-corrected chi connectivity index (χ4v) is 10.4. The Morgan fingerprint density at radius 2 is 1.01 bits per heavy atom. The first kappa shape index (κ1) is 49.1. The van der Waals surface area contributed by atoms with Gasteiger partial charge in [0, 0.05) is 47.3 Å². The van der Waals surface area contributed by atoms with Crippen molar-refractivity contribution >= 4 is 50.6 Å². The molecule has 5 heteroatoms. The number of ether oxygens (including phenoxy) is 1. The molecule has 1 aliphatic rings. The van der Waals surface area contributed by atoms with E-state index in [-0.39, 0.29) is 21.7 Å². The number of nitrogens with zero attached hydrogens (tertiary/aromatic N) is 4. The van der Waals surface area contributed by atoms with Crippen LogP contribution in [0.25, 0.3) is 61.0 Å². The van der Waals surface area contributed by atoms with Crippen molar-refractivity contribution < 1.29 is 4.74 Å². The molecule has 0 saturated carbocycles. The third kappa shape index (κ3) is 9.54. The molecule has 0 saturated heterocycles. The molecule has 0 atom stereocenters. The summed E-state index contributed by atoms with van der Waals surface area (Å²) in [5.41, 5.74) is 18.3. The number of pyridine rings is 1. The van der Waals surface area contributed by atoms with Gasteiger partial charge in [-0.25, -0.2) is 4.98 Å². The molecule has 0 spiro atoms. The minimum atomic E-state index is -0.0566. The van der Waals surface area contributed by atoms with E-state index in [0.717, 1.165) is 67.6 Å². The quantitative estimate of drug-likeness (QED) is 0.142. The maximum atomic E-state index is 6.93. The minimum Gasteiger partial charge on any atom is -0.457 e. The summed E-state index contributed by atoms with van der Waals surface area (Å²) in [6.07, 6.45) is 1.94. The summed E-state index contributed by atoms with van der Waals surface area (Å²) < 4.78 is 13.6. The second kappa shape index (κ2) is 18.4. The Kier molecular flexibility index (Phi) is 12.0. The standard InChI is InChI=1S/C70H68N4O/c1-67(2,3)51-24-17-25-55(41-51)73-45-72(63-29-19-28-59(66(63)73)49-23-16-22-47(36-49)46-20-14-13-15-21-46)56-26-18-27-57(43-56)75-58-31-32-60-61-39-48(50-37-53(69(7,8)9)40-54(38-50)70(10,11)12)30-33-62(61)74(64(60)44-58)65-42-52(34-35-71-65)68(4,5)6/h13-44H,1-12H3/q+2. The van der Waals surface area contributed by atoms with Gasteiger partial charge in [0.15, 0.2) is 0 Å². The van der Waals surface area contributed by atoms with Crippen molar-refractivity contribution in [1.29, 1.82) is 0 Å². The maximum Gasteiger partial charge on any atom is 0.503 e. The maximum absolute atomic E-state index is 6.93. The van der Waals surface area contributed by atoms with Crippen LogP contribution in [0, 0.1) is 0 Å². The van der Waals surface area contributed by atoms with Crippen molar-refractivity contribution in [3.8, 4) is 50.7 Å². The minimum absolute atomic E-state index is 0.00386. The number of rotatable bonds is 8. The van der Waals surface area contributed by atoms with E-state index in [1.165, 1.54) is 49.9 Å². The van der Waals surface area contributed by atoms with Gasteiger partial charge >= 0.3 is 11.7 Å². The molecule has 0 fully saturated rings. The summed E-state index contributed by atoms with van der Waals surface area (Å²) in [5.74, 6) is 2.34. The molecule has 0 N–H and O–H groups in total. The summed E-state index contributed by atoms with van der Waals surface area (Å²) in [7, 11) is 0. The van der Waals surface area contributed by atoms with Gasteiger partial charge in [0.05, 0.1) is 22.7 Å². The molecule has 0 radical (unpaired) electrons. The van der Waals surface area contributed by atoms with Gasteiger partial charge in [0.25, 0.3) is 5.69 Å². The van der Waals surface area contributed by atoms with Gasteiger partial charge in [-0.1, -0.05) is 180 Å². The number of para-hydroxylation sites is 1. The van der Waals surface area contributed by atoms with Crippen LogP contribution in [-0.2, 0) is 21.7 Å². The molecule has 0 aliphatic carbocycles. The number of hydrogen-bond donors (Lipinski definition) is 0.